The smallest absolute Gasteiger partial charge is 0.307 e. The van der Waals surface area contributed by atoms with Gasteiger partial charge >= 0.3 is 5.97 Å². The number of aromatic nitrogens is 2. The summed E-state index contributed by atoms with van der Waals surface area (Å²) in [6.07, 6.45) is 3.28. The van der Waals surface area contributed by atoms with Crippen LogP contribution in [0.15, 0.2) is 12.4 Å². The lowest BCUT2D eigenvalue weighted by Gasteiger charge is -2.08. The molecule has 0 aliphatic carbocycles. The van der Waals surface area contributed by atoms with E-state index in [0.29, 0.717) is 24.7 Å². The molecule has 0 saturated carbocycles. The molecule has 6 nitrogen and oxygen atoms in total. The third-order valence-corrected chi connectivity index (χ3v) is 2.05. The molecule has 7 heteroatoms. The Kier molecular flexibility index (Phi) is 5.28. The van der Waals surface area contributed by atoms with Crippen molar-refractivity contribution in [3.05, 3.63) is 18.1 Å². The molecule has 3 N–H and O–H groups in total. The number of ether oxygens (including phenoxy) is 1. The second kappa shape index (κ2) is 6.74. The number of nitrogens with one attached hydrogen (secondary N) is 1. The Morgan fingerprint density at radius 1 is 1.53 bits per heavy atom. The quantitative estimate of drug-likeness (QED) is 0.563. The first-order valence-electron chi connectivity index (χ1n) is 5.15. The van der Waals surface area contributed by atoms with Gasteiger partial charge in [-0.25, -0.2) is 9.97 Å². The van der Waals surface area contributed by atoms with Gasteiger partial charge in [-0.1, -0.05) is 12.2 Å². The molecule has 0 unspecified atom stereocenters. The van der Waals surface area contributed by atoms with E-state index in [9.17, 15) is 4.79 Å². The van der Waals surface area contributed by atoms with Crippen LogP contribution >= 0.6 is 12.2 Å². The van der Waals surface area contributed by atoms with Gasteiger partial charge in [0.1, 0.15) is 10.7 Å². The summed E-state index contributed by atoms with van der Waals surface area (Å²) in [5.41, 5.74) is 5.91. The second-order valence-electron chi connectivity index (χ2n) is 3.10. The van der Waals surface area contributed by atoms with Crippen LogP contribution < -0.4 is 11.1 Å². The van der Waals surface area contributed by atoms with E-state index in [1.165, 1.54) is 12.4 Å². The van der Waals surface area contributed by atoms with E-state index < -0.39 is 0 Å². The predicted octanol–water partition coefficient (Wildman–Crippen LogP) is 0.476. The van der Waals surface area contributed by atoms with Crippen molar-refractivity contribution in [1.29, 1.82) is 0 Å². The lowest BCUT2D eigenvalue weighted by atomic mass is 10.3. The molecule has 0 atom stereocenters. The number of anilines is 1. The summed E-state index contributed by atoms with van der Waals surface area (Å²) in [5, 5.41) is 2.94. The molecule has 0 fully saturated rings. The molecule has 1 heterocycles. The van der Waals surface area contributed by atoms with Crippen LogP contribution in [0.25, 0.3) is 0 Å². The molecule has 0 bridgehead atoms. The van der Waals surface area contributed by atoms with E-state index >= 15 is 0 Å². The molecule has 0 aliphatic rings. The molecular formula is C10H14N4O2S. The number of hydrogen-bond acceptors (Lipinski definition) is 6. The SMILES string of the molecule is CCOC(=O)CCNc1nccnc1C(N)=S. The highest BCUT2D eigenvalue weighted by atomic mass is 32.1. The highest BCUT2D eigenvalue weighted by Gasteiger charge is 2.08. The Bertz CT molecular complexity index is 411. The molecule has 1 rings (SSSR count). The number of carbonyl (C=O) groups is 1. The van der Waals surface area contributed by atoms with Crippen LogP contribution in [0.5, 0.6) is 0 Å². The topological polar surface area (TPSA) is 90.1 Å². The van der Waals surface area contributed by atoms with Gasteiger partial charge in [0.05, 0.1) is 13.0 Å². The summed E-state index contributed by atoms with van der Waals surface area (Å²) >= 11 is 4.84. The summed E-state index contributed by atoms with van der Waals surface area (Å²) < 4.78 is 4.79. The van der Waals surface area contributed by atoms with Crippen molar-refractivity contribution in [3.8, 4) is 0 Å². The first-order chi connectivity index (χ1) is 8.15. The predicted molar refractivity (Wildman–Crippen MR) is 67.7 cm³/mol. The lowest BCUT2D eigenvalue weighted by Crippen LogP contribution is -2.18. The van der Waals surface area contributed by atoms with Crippen LogP contribution in [0.3, 0.4) is 0 Å². The third-order valence-electron chi connectivity index (χ3n) is 1.86. The van der Waals surface area contributed by atoms with Gasteiger partial charge in [-0.3, -0.25) is 4.79 Å². The molecule has 0 aromatic carbocycles. The fourth-order valence-electron chi connectivity index (χ4n) is 1.16. The highest BCUT2D eigenvalue weighted by molar-refractivity contribution is 7.80. The number of nitrogens with zero attached hydrogens (tertiary/aromatic N) is 2. The van der Waals surface area contributed by atoms with E-state index in [1.807, 2.05) is 0 Å². The molecule has 0 spiro atoms. The molecular weight excluding hydrogens is 240 g/mol. The average molecular weight is 254 g/mol. The Morgan fingerprint density at radius 3 is 2.88 bits per heavy atom. The third kappa shape index (κ3) is 4.31. The van der Waals surface area contributed by atoms with Gasteiger partial charge in [-0.05, 0) is 6.92 Å². The molecule has 17 heavy (non-hydrogen) atoms. The Balaban J connectivity index is 2.52. The Hall–Kier alpha value is -1.76. The maximum Gasteiger partial charge on any atom is 0.307 e. The van der Waals surface area contributed by atoms with Gasteiger partial charge in [-0.15, -0.1) is 0 Å². The van der Waals surface area contributed by atoms with Crippen LogP contribution in [0, 0.1) is 0 Å². The van der Waals surface area contributed by atoms with Crippen molar-refractivity contribution in [3.63, 3.8) is 0 Å². The van der Waals surface area contributed by atoms with Gasteiger partial charge in [-0.2, -0.15) is 0 Å². The maximum absolute atomic E-state index is 11.1. The van der Waals surface area contributed by atoms with Crippen LogP contribution in [-0.4, -0.2) is 34.1 Å². The minimum absolute atomic E-state index is 0.164. The average Bonchev–Trinajstić information content (AvgIpc) is 2.30. The van der Waals surface area contributed by atoms with E-state index in [-0.39, 0.29) is 17.4 Å². The van der Waals surface area contributed by atoms with E-state index in [1.54, 1.807) is 6.92 Å². The number of thiocarbonyl (C=S) groups is 1. The summed E-state index contributed by atoms with van der Waals surface area (Å²) in [5.74, 6) is 0.213. The van der Waals surface area contributed by atoms with E-state index in [2.05, 4.69) is 15.3 Å². The molecule has 1 aromatic heterocycles. The summed E-state index contributed by atoms with van der Waals surface area (Å²) in [4.78, 5) is 19.3. The molecule has 1 aromatic rings. The second-order valence-corrected chi connectivity index (χ2v) is 3.54. The standard InChI is InChI=1S/C10H14N4O2S/c1-2-16-7(15)3-4-13-10-8(9(11)17)12-5-6-14-10/h5-6H,2-4H2,1H3,(H2,11,17)(H,13,14). The number of esters is 1. The first kappa shape index (κ1) is 13.3. The summed E-state index contributed by atoms with van der Waals surface area (Å²) in [6.45, 7) is 2.54. The largest absolute Gasteiger partial charge is 0.466 e. The van der Waals surface area contributed by atoms with Gasteiger partial charge < -0.3 is 15.8 Å². The number of hydrogen-bond donors (Lipinski definition) is 2. The van der Waals surface area contributed by atoms with Crippen LogP contribution in [0.1, 0.15) is 19.0 Å². The van der Waals surface area contributed by atoms with Crippen LogP contribution in [-0.2, 0) is 9.53 Å². The molecule has 0 aliphatic heterocycles. The first-order valence-corrected chi connectivity index (χ1v) is 5.56. The minimum atomic E-state index is -0.263. The van der Waals surface area contributed by atoms with Crippen molar-refractivity contribution < 1.29 is 9.53 Å². The van der Waals surface area contributed by atoms with Crippen molar-refractivity contribution in [2.75, 3.05) is 18.5 Å². The lowest BCUT2D eigenvalue weighted by molar-refractivity contribution is -0.142. The maximum atomic E-state index is 11.1. The zero-order chi connectivity index (χ0) is 12.7. The highest BCUT2D eigenvalue weighted by Crippen LogP contribution is 2.07. The van der Waals surface area contributed by atoms with Crippen LogP contribution in [0.4, 0.5) is 5.82 Å². The Morgan fingerprint density at radius 2 is 2.24 bits per heavy atom. The van der Waals surface area contributed by atoms with Gasteiger partial charge in [0.15, 0.2) is 5.82 Å². The summed E-state index contributed by atoms with van der Waals surface area (Å²) in [6, 6.07) is 0. The fraction of sp³-hybridized carbons (Fsp3) is 0.400. The molecule has 0 saturated heterocycles. The van der Waals surface area contributed by atoms with Gasteiger partial charge in [0, 0.05) is 18.9 Å². The van der Waals surface area contributed by atoms with Crippen LogP contribution in [0.2, 0.25) is 0 Å². The minimum Gasteiger partial charge on any atom is -0.466 e. The monoisotopic (exact) mass is 254 g/mol. The number of carbonyl (C=O) groups excluding carboxylic acids is 1. The zero-order valence-corrected chi connectivity index (χ0v) is 10.3. The van der Waals surface area contributed by atoms with Crippen molar-refractivity contribution >= 4 is 29.0 Å². The molecule has 0 radical (unpaired) electrons. The normalized spacial score (nSPS) is 9.71. The zero-order valence-electron chi connectivity index (χ0n) is 9.47. The summed E-state index contributed by atoms with van der Waals surface area (Å²) in [7, 11) is 0. The van der Waals surface area contributed by atoms with Gasteiger partial charge in [0.25, 0.3) is 0 Å². The van der Waals surface area contributed by atoms with Crippen molar-refractivity contribution in [2.24, 2.45) is 5.73 Å². The molecule has 0 amide bonds. The number of rotatable bonds is 6. The van der Waals surface area contributed by atoms with E-state index in [0.717, 1.165) is 0 Å². The van der Waals surface area contributed by atoms with E-state index in [4.69, 9.17) is 22.7 Å². The van der Waals surface area contributed by atoms with Crippen molar-refractivity contribution in [1.82, 2.24) is 9.97 Å². The van der Waals surface area contributed by atoms with Crippen molar-refractivity contribution in [2.45, 2.75) is 13.3 Å². The Labute approximate surface area is 105 Å². The number of nitrogens with two attached hydrogens (primary N) is 1. The fourth-order valence-corrected chi connectivity index (χ4v) is 1.31. The molecule has 92 valence electrons. The van der Waals surface area contributed by atoms with Gasteiger partial charge in [0.2, 0.25) is 0 Å².